The summed E-state index contributed by atoms with van der Waals surface area (Å²) in [7, 11) is 0. The van der Waals surface area contributed by atoms with Crippen molar-refractivity contribution < 1.29 is 0 Å². The largest absolute Gasteiger partial charge is 0.365 e. The molecular formula is C18H28BrN3. The second kappa shape index (κ2) is 5.88. The fourth-order valence-electron chi connectivity index (χ4n) is 3.38. The summed E-state index contributed by atoms with van der Waals surface area (Å²) in [6.45, 7) is 15.7. The van der Waals surface area contributed by atoms with Gasteiger partial charge in [0.25, 0.3) is 0 Å². The number of rotatable bonds is 4. The normalized spacial score (nSPS) is 12.9. The van der Waals surface area contributed by atoms with Crippen LogP contribution in [0.3, 0.4) is 0 Å². The van der Waals surface area contributed by atoms with Gasteiger partial charge in [-0.15, -0.1) is 0 Å². The standard InChI is InChI=1S/C18H28BrN3/c1-8-14-16(21-18(6,7)11-17(3,4)5)22-10-13(19)9-12(2)15(22)20-14/h9-10,21H,8,11H2,1-7H3. The molecule has 0 amide bonds. The lowest BCUT2D eigenvalue weighted by Gasteiger charge is -2.34. The van der Waals surface area contributed by atoms with Crippen LogP contribution < -0.4 is 5.32 Å². The zero-order chi connectivity index (χ0) is 16.7. The van der Waals surface area contributed by atoms with Gasteiger partial charge < -0.3 is 5.32 Å². The van der Waals surface area contributed by atoms with Gasteiger partial charge in [-0.1, -0.05) is 27.7 Å². The molecule has 0 fully saturated rings. The summed E-state index contributed by atoms with van der Waals surface area (Å²) < 4.78 is 3.26. The van der Waals surface area contributed by atoms with Crippen molar-refractivity contribution in [1.82, 2.24) is 9.38 Å². The van der Waals surface area contributed by atoms with Gasteiger partial charge in [0.15, 0.2) is 0 Å². The molecule has 0 radical (unpaired) electrons. The fourth-order valence-corrected chi connectivity index (χ4v) is 3.93. The Morgan fingerprint density at radius 2 is 1.86 bits per heavy atom. The number of hydrogen-bond donors (Lipinski definition) is 1. The first-order valence-corrected chi connectivity index (χ1v) is 8.77. The third-order valence-corrected chi connectivity index (χ3v) is 4.14. The Kier molecular flexibility index (Phi) is 4.63. The molecular weight excluding hydrogens is 338 g/mol. The predicted octanol–water partition coefficient (Wildman–Crippen LogP) is 5.59. The number of aryl methyl sites for hydroxylation is 2. The van der Waals surface area contributed by atoms with Crippen molar-refractivity contribution in [3.8, 4) is 0 Å². The highest BCUT2D eigenvalue weighted by molar-refractivity contribution is 9.10. The number of nitrogens with one attached hydrogen (secondary N) is 1. The Morgan fingerprint density at radius 3 is 2.41 bits per heavy atom. The number of aromatic nitrogens is 2. The fraction of sp³-hybridized carbons (Fsp3) is 0.611. The summed E-state index contributed by atoms with van der Waals surface area (Å²) >= 11 is 3.60. The summed E-state index contributed by atoms with van der Waals surface area (Å²) in [6.07, 6.45) is 4.11. The third-order valence-electron chi connectivity index (χ3n) is 3.71. The highest BCUT2D eigenvalue weighted by Gasteiger charge is 2.27. The van der Waals surface area contributed by atoms with Gasteiger partial charge in [-0.05, 0) is 66.6 Å². The van der Waals surface area contributed by atoms with Crippen LogP contribution in [-0.2, 0) is 6.42 Å². The number of halogens is 1. The van der Waals surface area contributed by atoms with Crippen molar-refractivity contribution in [2.24, 2.45) is 5.41 Å². The summed E-state index contributed by atoms with van der Waals surface area (Å²) in [5.74, 6) is 1.12. The second-order valence-corrected chi connectivity index (χ2v) is 8.96. The number of nitrogens with zero attached hydrogens (tertiary/aromatic N) is 2. The molecule has 2 aromatic rings. The molecule has 0 saturated heterocycles. The van der Waals surface area contributed by atoms with E-state index < -0.39 is 0 Å². The van der Waals surface area contributed by atoms with Gasteiger partial charge in [-0.25, -0.2) is 4.98 Å². The van der Waals surface area contributed by atoms with E-state index in [4.69, 9.17) is 4.98 Å². The van der Waals surface area contributed by atoms with E-state index in [2.05, 4.69) is 86.4 Å². The molecule has 0 unspecified atom stereocenters. The molecule has 0 atom stereocenters. The van der Waals surface area contributed by atoms with Gasteiger partial charge in [-0.2, -0.15) is 0 Å². The number of anilines is 1. The minimum absolute atomic E-state index is 0.00829. The molecule has 3 nitrogen and oxygen atoms in total. The topological polar surface area (TPSA) is 29.3 Å². The monoisotopic (exact) mass is 365 g/mol. The summed E-state index contributed by atoms with van der Waals surface area (Å²) in [4.78, 5) is 4.83. The van der Waals surface area contributed by atoms with E-state index >= 15 is 0 Å². The number of imidazole rings is 1. The average molecular weight is 366 g/mol. The van der Waals surface area contributed by atoms with Crippen LogP contribution in [0.4, 0.5) is 5.82 Å². The molecule has 0 aliphatic heterocycles. The molecule has 4 heteroatoms. The second-order valence-electron chi connectivity index (χ2n) is 8.04. The van der Waals surface area contributed by atoms with Crippen LogP contribution >= 0.6 is 15.9 Å². The van der Waals surface area contributed by atoms with Crippen LogP contribution in [0.15, 0.2) is 16.7 Å². The van der Waals surface area contributed by atoms with E-state index in [-0.39, 0.29) is 11.0 Å². The van der Waals surface area contributed by atoms with Crippen LogP contribution in [0.5, 0.6) is 0 Å². The molecule has 0 aliphatic rings. The summed E-state index contributed by atoms with van der Waals surface area (Å²) in [6, 6.07) is 2.12. The smallest absolute Gasteiger partial charge is 0.141 e. The van der Waals surface area contributed by atoms with Crippen LogP contribution in [0.1, 0.15) is 59.2 Å². The highest BCUT2D eigenvalue weighted by Crippen LogP contribution is 2.32. The quantitative estimate of drug-likeness (QED) is 0.764. The van der Waals surface area contributed by atoms with E-state index in [0.29, 0.717) is 0 Å². The minimum atomic E-state index is 0.00829. The first-order chi connectivity index (χ1) is 10.0. The maximum atomic E-state index is 4.83. The van der Waals surface area contributed by atoms with Gasteiger partial charge in [0.2, 0.25) is 0 Å². The van der Waals surface area contributed by atoms with Crippen LogP contribution in [0, 0.1) is 12.3 Å². The predicted molar refractivity (Wildman–Crippen MR) is 98.8 cm³/mol. The van der Waals surface area contributed by atoms with E-state index in [1.165, 1.54) is 5.56 Å². The average Bonchev–Trinajstić information content (AvgIpc) is 2.64. The van der Waals surface area contributed by atoms with E-state index in [1.54, 1.807) is 0 Å². The Bertz CT molecular complexity index is 678. The molecule has 1 N–H and O–H groups in total. The number of hydrogen-bond acceptors (Lipinski definition) is 2. The summed E-state index contributed by atoms with van der Waals surface area (Å²) in [5.41, 5.74) is 3.64. The molecule has 0 bridgehead atoms. The van der Waals surface area contributed by atoms with Crippen molar-refractivity contribution in [3.63, 3.8) is 0 Å². The molecule has 0 aliphatic carbocycles. The van der Waals surface area contributed by atoms with E-state index in [0.717, 1.165) is 34.5 Å². The highest BCUT2D eigenvalue weighted by atomic mass is 79.9. The maximum absolute atomic E-state index is 4.83. The lowest BCUT2D eigenvalue weighted by molar-refractivity contribution is 0.302. The third kappa shape index (κ3) is 3.83. The van der Waals surface area contributed by atoms with Crippen LogP contribution in [0.25, 0.3) is 5.65 Å². The van der Waals surface area contributed by atoms with Gasteiger partial charge in [-0.3, -0.25) is 4.40 Å². The Morgan fingerprint density at radius 1 is 1.23 bits per heavy atom. The molecule has 2 rings (SSSR count). The molecule has 0 saturated carbocycles. The van der Waals surface area contributed by atoms with Gasteiger partial charge in [0.05, 0.1) is 5.69 Å². The molecule has 2 heterocycles. The van der Waals surface area contributed by atoms with Crippen molar-refractivity contribution in [2.75, 3.05) is 5.32 Å². The first-order valence-electron chi connectivity index (χ1n) is 7.98. The van der Waals surface area contributed by atoms with Crippen LogP contribution in [0.2, 0.25) is 0 Å². The van der Waals surface area contributed by atoms with Gasteiger partial charge in [0, 0.05) is 16.2 Å². The summed E-state index contributed by atoms with van der Waals surface area (Å²) in [5, 5.41) is 3.75. The van der Waals surface area contributed by atoms with Crippen molar-refractivity contribution >= 4 is 27.4 Å². The van der Waals surface area contributed by atoms with Gasteiger partial charge in [0.1, 0.15) is 11.5 Å². The zero-order valence-electron chi connectivity index (χ0n) is 14.8. The van der Waals surface area contributed by atoms with E-state index in [9.17, 15) is 0 Å². The van der Waals surface area contributed by atoms with Gasteiger partial charge >= 0.3 is 0 Å². The van der Waals surface area contributed by atoms with Crippen molar-refractivity contribution in [2.45, 2.75) is 66.8 Å². The minimum Gasteiger partial charge on any atom is -0.365 e. The number of pyridine rings is 1. The van der Waals surface area contributed by atoms with Crippen molar-refractivity contribution in [1.29, 1.82) is 0 Å². The molecule has 22 heavy (non-hydrogen) atoms. The van der Waals surface area contributed by atoms with Crippen molar-refractivity contribution in [3.05, 3.63) is 28.0 Å². The lowest BCUT2D eigenvalue weighted by atomic mass is 9.82. The Hall–Kier alpha value is -1.03. The molecule has 122 valence electrons. The number of fused-ring (bicyclic) bond motifs is 1. The maximum Gasteiger partial charge on any atom is 0.141 e. The first kappa shape index (κ1) is 17.3. The Labute approximate surface area is 142 Å². The SMILES string of the molecule is CCc1nc2c(C)cc(Br)cn2c1NC(C)(C)CC(C)(C)C. The van der Waals surface area contributed by atoms with E-state index in [1.807, 2.05) is 0 Å². The molecule has 0 spiro atoms. The van der Waals surface area contributed by atoms with Crippen LogP contribution in [-0.4, -0.2) is 14.9 Å². The molecule has 2 aromatic heterocycles. The lowest BCUT2D eigenvalue weighted by Crippen LogP contribution is -2.36. The Balaban J connectivity index is 2.50. The zero-order valence-corrected chi connectivity index (χ0v) is 16.4. The molecule has 0 aromatic carbocycles.